The van der Waals surface area contributed by atoms with Crippen LogP contribution in [0.4, 0.5) is 0 Å². The molecule has 0 spiro atoms. The van der Waals surface area contributed by atoms with Crippen LogP contribution in [0.1, 0.15) is 23.2 Å². The summed E-state index contributed by atoms with van der Waals surface area (Å²) in [5.74, 6) is -1.02. The van der Waals surface area contributed by atoms with Crippen molar-refractivity contribution in [3.05, 3.63) is 28.5 Å². The summed E-state index contributed by atoms with van der Waals surface area (Å²) in [5.41, 5.74) is 0.554. The Morgan fingerprint density at radius 1 is 1.40 bits per heavy atom. The van der Waals surface area contributed by atoms with E-state index in [1.165, 1.54) is 0 Å². The van der Waals surface area contributed by atoms with Crippen molar-refractivity contribution in [1.82, 2.24) is 9.88 Å². The molecule has 1 aromatic heterocycles. The Labute approximate surface area is 124 Å². The van der Waals surface area contributed by atoms with Gasteiger partial charge in [0.25, 0.3) is 5.91 Å². The highest BCUT2D eigenvalue weighted by atomic mass is 79.9. The number of likely N-dealkylation sites (tertiary alicyclic amines) is 1. The molecule has 1 N–H and O–H groups in total. The number of halogens is 1. The van der Waals surface area contributed by atoms with Gasteiger partial charge in [-0.3, -0.25) is 4.79 Å². The Morgan fingerprint density at radius 3 is 2.65 bits per heavy atom. The molecule has 0 bridgehead atoms. The highest BCUT2D eigenvalue weighted by Gasteiger charge is 2.24. The summed E-state index contributed by atoms with van der Waals surface area (Å²) in [7, 11) is 0. The molecule has 1 aliphatic rings. The number of rotatable bonds is 4. The highest BCUT2D eigenvalue weighted by molar-refractivity contribution is 9.10. The molecule has 2 rings (SSSR count). The van der Waals surface area contributed by atoms with E-state index < -0.39 is 5.97 Å². The molecule has 0 aliphatic carbocycles. The molecular weight excluding hydrogens is 328 g/mol. The predicted molar refractivity (Wildman–Crippen MR) is 74.5 cm³/mol. The first kappa shape index (κ1) is 14.9. The van der Waals surface area contributed by atoms with Crippen molar-refractivity contribution in [2.75, 3.05) is 19.7 Å². The first-order chi connectivity index (χ1) is 9.56. The number of ether oxygens (including phenoxy) is 1. The monoisotopic (exact) mass is 342 g/mol. The molecule has 0 unspecified atom stereocenters. The molecule has 1 saturated heterocycles. The first-order valence-electron chi connectivity index (χ1n) is 6.30. The van der Waals surface area contributed by atoms with E-state index in [-0.39, 0.29) is 18.6 Å². The van der Waals surface area contributed by atoms with Gasteiger partial charge in [-0.2, -0.15) is 0 Å². The maximum Gasteiger partial charge on any atom is 0.329 e. The van der Waals surface area contributed by atoms with Gasteiger partial charge in [0.1, 0.15) is 11.2 Å². The van der Waals surface area contributed by atoms with Gasteiger partial charge in [0.15, 0.2) is 0 Å². The van der Waals surface area contributed by atoms with E-state index in [2.05, 4.69) is 20.9 Å². The van der Waals surface area contributed by atoms with Gasteiger partial charge in [0.05, 0.1) is 11.7 Å². The fourth-order valence-electron chi connectivity index (χ4n) is 2.10. The highest BCUT2D eigenvalue weighted by Crippen LogP contribution is 2.16. The van der Waals surface area contributed by atoms with Crippen LogP contribution in [-0.4, -0.2) is 52.7 Å². The number of amides is 1. The fraction of sp³-hybridized carbons (Fsp3) is 0.462. The van der Waals surface area contributed by atoms with E-state index in [1.54, 1.807) is 23.2 Å². The number of aliphatic carboxylic acids is 1. The molecule has 0 saturated carbocycles. The minimum atomic E-state index is -0.968. The Morgan fingerprint density at radius 2 is 2.10 bits per heavy atom. The summed E-state index contributed by atoms with van der Waals surface area (Å²) in [4.78, 5) is 28.4. The van der Waals surface area contributed by atoms with Gasteiger partial charge < -0.3 is 14.7 Å². The van der Waals surface area contributed by atoms with Gasteiger partial charge in [-0.25, -0.2) is 9.78 Å². The number of hydrogen-bond donors (Lipinski definition) is 1. The Hall–Kier alpha value is -1.47. The molecule has 1 fully saturated rings. The third-order valence-corrected chi connectivity index (χ3v) is 3.62. The largest absolute Gasteiger partial charge is 0.480 e. The second-order valence-corrected chi connectivity index (χ2v) is 5.38. The van der Waals surface area contributed by atoms with Crippen molar-refractivity contribution in [1.29, 1.82) is 0 Å². The molecule has 108 valence electrons. The van der Waals surface area contributed by atoms with Crippen molar-refractivity contribution >= 4 is 27.8 Å². The SMILES string of the molecule is O=C(O)COC1CCN(C(=O)c2ccc(Br)nc2)CC1. The summed E-state index contributed by atoms with van der Waals surface area (Å²) < 4.78 is 5.93. The normalized spacial score (nSPS) is 16.1. The second-order valence-electron chi connectivity index (χ2n) is 4.57. The average molecular weight is 343 g/mol. The van der Waals surface area contributed by atoms with E-state index in [9.17, 15) is 9.59 Å². The van der Waals surface area contributed by atoms with Crippen LogP contribution in [0.25, 0.3) is 0 Å². The van der Waals surface area contributed by atoms with Crippen molar-refractivity contribution in [3.8, 4) is 0 Å². The summed E-state index contributed by atoms with van der Waals surface area (Å²) in [5, 5.41) is 8.56. The zero-order valence-corrected chi connectivity index (χ0v) is 12.4. The van der Waals surface area contributed by atoms with Crippen LogP contribution in [0.5, 0.6) is 0 Å². The number of aromatic nitrogens is 1. The minimum absolute atomic E-state index is 0.0540. The molecule has 6 nitrogen and oxygen atoms in total. The van der Waals surface area contributed by atoms with Gasteiger partial charge in [0, 0.05) is 19.3 Å². The third-order valence-electron chi connectivity index (χ3n) is 3.15. The van der Waals surface area contributed by atoms with Crippen LogP contribution >= 0.6 is 15.9 Å². The first-order valence-corrected chi connectivity index (χ1v) is 7.10. The Balaban J connectivity index is 1.85. The van der Waals surface area contributed by atoms with E-state index in [0.29, 0.717) is 36.1 Å². The molecule has 1 aromatic rings. The van der Waals surface area contributed by atoms with Crippen LogP contribution in [0.15, 0.2) is 22.9 Å². The second kappa shape index (κ2) is 6.81. The van der Waals surface area contributed by atoms with Gasteiger partial charge in [0.2, 0.25) is 0 Å². The standard InChI is InChI=1S/C13H15BrN2O4/c14-11-2-1-9(7-15-11)13(19)16-5-3-10(4-6-16)20-8-12(17)18/h1-2,7,10H,3-6,8H2,(H,17,18). The molecule has 7 heteroatoms. The summed E-state index contributed by atoms with van der Waals surface area (Å²) in [6.45, 7) is 0.855. The maximum atomic E-state index is 12.2. The minimum Gasteiger partial charge on any atom is -0.480 e. The number of piperidine rings is 1. The summed E-state index contributed by atoms with van der Waals surface area (Å²) in [6.07, 6.45) is 2.77. The lowest BCUT2D eigenvalue weighted by molar-refractivity contribution is -0.145. The lowest BCUT2D eigenvalue weighted by atomic mass is 10.1. The lowest BCUT2D eigenvalue weighted by Gasteiger charge is -2.31. The van der Waals surface area contributed by atoms with Crippen molar-refractivity contribution in [2.24, 2.45) is 0 Å². The zero-order valence-electron chi connectivity index (χ0n) is 10.8. The van der Waals surface area contributed by atoms with Crippen LogP contribution in [-0.2, 0) is 9.53 Å². The molecule has 1 aliphatic heterocycles. The topological polar surface area (TPSA) is 79.7 Å². The average Bonchev–Trinajstić information content (AvgIpc) is 2.46. The van der Waals surface area contributed by atoms with Crippen molar-refractivity contribution in [2.45, 2.75) is 18.9 Å². The van der Waals surface area contributed by atoms with E-state index in [0.717, 1.165) is 0 Å². The van der Waals surface area contributed by atoms with Gasteiger partial charge in [-0.05, 0) is 40.9 Å². The van der Waals surface area contributed by atoms with Crippen LogP contribution in [0.3, 0.4) is 0 Å². The number of hydrogen-bond acceptors (Lipinski definition) is 4. The molecule has 0 radical (unpaired) electrons. The lowest BCUT2D eigenvalue weighted by Crippen LogP contribution is -2.41. The zero-order chi connectivity index (χ0) is 14.5. The van der Waals surface area contributed by atoms with Crippen molar-refractivity contribution in [3.63, 3.8) is 0 Å². The maximum absolute atomic E-state index is 12.2. The summed E-state index contributed by atoms with van der Waals surface area (Å²) >= 11 is 3.23. The molecule has 20 heavy (non-hydrogen) atoms. The van der Waals surface area contributed by atoms with Crippen LogP contribution in [0, 0.1) is 0 Å². The number of pyridine rings is 1. The fourth-order valence-corrected chi connectivity index (χ4v) is 2.33. The Bertz CT molecular complexity index is 484. The van der Waals surface area contributed by atoms with Crippen LogP contribution < -0.4 is 0 Å². The van der Waals surface area contributed by atoms with E-state index in [4.69, 9.17) is 9.84 Å². The molecule has 0 atom stereocenters. The van der Waals surface area contributed by atoms with Gasteiger partial charge >= 0.3 is 5.97 Å². The third kappa shape index (κ3) is 4.01. The van der Waals surface area contributed by atoms with E-state index in [1.807, 2.05) is 0 Å². The van der Waals surface area contributed by atoms with E-state index >= 15 is 0 Å². The summed E-state index contributed by atoms with van der Waals surface area (Å²) in [6, 6.07) is 3.46. The number of carbonyl (C=O) groups is 2. The number of carboxylic acid groups (broad SMARTS) is 1. The molecule has 2 heterocycles. The van der Waals surface area contributed by atoms with Gasteiger partial charge in [-0.1, -0.05) is 0 Å². The number of carbonyl (C=O) groups excluding carboxylic acids is 1. The Kier molecular flexibility index (Phi) is 5.08. The molecular formula is C13H15BrN2O4. The van der Waals surface area contributed by atoms with Crippen molar-refractivity contribution < 1.29 is 19.4 Å². The van der Waals surface area contributed by atoms with Crippen LogP contribution in [0.2, 0.25) is 0 Å². The predicted octanol–water partition coefficient (Wildman–Crippen LogP) is 1.55. The molecule has 0 aromatic carbocycles. The number of carboxylic acids is 1. The quantitative estimate of drug-likeness (QED) is 0.839. The number of nitrogens with zero attached hydrogens (tertiary/aromatic N) is 2. The van der Waals surface area contributed by atoms with Gasteiger partial charge in [-0.15, -0.1) is 0 Å². The smallest absolute Gasteiger partial charge is 0.329 e. The molecule has 1 amide bonds.